The number of carbonyl (C=O) groups is 2. The summed E-state index contributed by atoms with van der Waals surface area (Å²) >= 11 is 0. The number of benzene rings is 2. The zero-order chi connectivity index (χ0) is 27.0. The van der Waals surface area contributed by atoms with Crippen LogP contribution in [-0.2, 0) is 27.8 Å². The van der Waals surface area contributed by atoms with E-state index < -0.39 is 55.8 Å². The Morgan fingerprint density at radius 3 is 2.55 bits per heavy atom. The molecule has 0 bridgehead atoms. The van der Waals surface area contributed by atoms with Gasteiger partial charge in [0.1, 0.15) is 17.5 Å². The summed E-state index contributed by atoms with van der Waals surface area (Å²) in [4.78, 5) is 25.1. The molecule has 1 fully saturated rings. The summed E-state index contributed by atoms with van der Waals surface area (Å²) in [7, 11) is -4.27. The number of hydrogen-bond acceptors (Lipinski definition) is 6. The minimum atomic E-state index is -4.27. The number of amides is 2. The molecule has 0 saturated carbocycles. The van der Waals surface area contributed by atoms with Gasteiger partial charge in [-0.25, -0.2) is 21.6 Å². The van der Waals surface area contributed by atoms with E-state index >= 15 is 0 Å². The average molecular weight is 549 g/mol. The summed E-state index contributed by atoms with van der Waals surface area (Å²) in [6.45, 7) is 0.428. The van der Waals surface area contributed by atoms with Crippen molar-refractivity contribution in [1.82, 2.24) is 19.8 Å². The molecule has 4 N–H and O–H groups in total. The number of sulfonamides is 1. The van der Waals surface area contributed by atoms with Gasteiger partial charge in [0.05, 0.1) is 22.2 Å². The molecule has 2 aromatic carbocycles. The van der Waals surface area contributed by atoms with Gasteiger partial charge in [0.2, 0.25) is 15.9 Å². The molecule has 3 aromatic rings. The first-order valence-electron chi connectivity index (χ1n) is 11.8. The molecule has 10 nitrogen and oxygen atoms in total. The summed E-state index contributed by atoms with van der Waals surface area (Å²) < 4.78 is 69.2. The number of fused-ring (bicyclic) bond motifs is 1. The second-order valence-corrected chi connectivity index (χ2v) is 10.9. The van der Waals surface area contributed by atoms with Gasteiger partial charge in [0, 0.05) is 36.8 Å². The number of rotatable bonds is 6. The number of carbonyl (C=O) groups excluding carboxylic acids is 2. The summed E-state index contributed by atoms with van der Waals surface area (Å²) in [5.41, 5.74) is 0.433. The van der Waals surface area contributed by atoms with Crippen LogP contribution in [0.15, 0.2) is 41.3 Å². The van der Waals surface area contributed by atoms with Crippen molar-refractivity contribution in [3.8, 4) is 0 Å². The Kier molecular flexibility index (Phi) is 6.94. The lowest BCUT2D eigenvalue weighted by atomic mass is 10.1. The van der Waals surface area contributed by atoms with Gasteiger partial charge in [-0.05, 0) is 43.7 Å². The number of halogens is 3. The Morgan fingerprint density at radius 1 is 1.08 bits per heavy atom. The van der Waals surface area contributed by atoms with Gasteiger partial charge in [0.15, 0.2) is 5.82 Å². The van der Waals surface area contributed by atoms with Gasteiger partial charge in [-0.3, -0.25) is 14.7 Å². The highest BCUT2D eigenvalue weighted by atomic mass is 32.2. The number of H-pyrrole nitrogens is 1. The number of hydrogen-bond donors (Lipinski definition) is 4. The Hall–Kier alpha value is -3.75. The van der Waals surface area contributed by atoms with Gasteiger partial charge in [-0.2, -0.15) is 9.40 Å². The van der Waals surface area contributed by atoms with Crippen LogP contribution in [0.4, 0.5) is 24.7 Å². The Labute approximate surface area is 215 Å². The fourth-order valence-corrected chi connectivity index (χ4v) is 6.01. The van der Waals surface area contributed by atoms with E-state index in [-0.39, 0.29) is 31.0 Å². The van der Waals surface area contributed by atoms with Crippen LogP contribution in [0.3, 0.4) is 0 Å². The van der Waals surface area contributed by atoms with E-state index in [1.165, 1.54) is 12.1 Å². The van der Waals surface area contributed by atoms with Crippen molar-refractivity contribution in [2.24, 2.45) is 0 Å². The molecule has 14 heteroatoms. The van der Waals surface area contributed by atoms with E-state index in [0.717, 1.165) is 28.9 Å². The molecule has 2 amide bonds. The highest BCUT2D eigenvalue weighted by Crippen LogP contribution is 2.30. The lowest BCUT2D eigenvalue weighted by Gasteiger charge is -2.26. The number of nitrogens with zero attached hydrogens (tertiary/aromatic N) is 2. The second-order valence-electron chi connectivity index (χ2n) is 8.98. The average Bonchev–Trinajstić information content (AvgIpc) is 3.54. The third-order valence-corrected chi connectivity index (χ3v) is 8.30. The zero-order valence-electron chi connectivity index (χ0n) is 19.9. The largest absolute Gasteiger partial charge is 0.324 e. The molecule has 1 aromatic heterocycles. The third-order valence-electron chi connectivity index (χ3n) is 6.48. The first kappa shape index (κ1) is 25.9. The summed E-state index contributed by atoms with van der Waals surface area (Å²) in [6.07, 6.45) is 1.62. The minimum Gasteiger partial charge on any atom is -0.324 e. The molecule has 2 aliphatic rings. The third kappa shape index (κ3) is 5.01. The maximum absolute atomic E-state index is 14.8. The molecule has 1 saturated heterocycles. The molecule has 200 valence electrons. The summed E-state index contributed by atoms with van der Waals surface area (Å²) in [5, 5.41) is 14.9. The molecule has 0 radical (unpaired) electrons. The van der Waals surface area contributed by atoms with Crippen molar-refractivity contribution in [2.75, 3.05) is 23.7 Å². The van der Waals surface area contributed by atoms with Crippen molar-refractivity contribution in [2.45, 2.75) is 36.7 Å². The second kappa shape index (κ2) is 10.2. The fraction of sp³-hybridized carbons (Fsp3) is 0.292. The zero-order valence-corrected chi connectivity index (χ0v) is 20.7. The van der Waals surface area contributed by atoms with Crippen LogP contribution in [0.1, 0.15) is 34.5 Å². The normalized spacial score (nSPS) is 17.7. The lowest BCUT2D eigenvalue weighted by Crippen LogP contribution is -2.36. The van der Waals surface area contributed by atoms with Crippen molar-refractivity contribution in [1.29, 1.82) is 0 Å². The van der Waals surface area contributed by atoms with Crippen LogP contribution in [0.5, 0.6) is 0 Å². The summed E-state index contributed by atoms with van der Waals surface area (Å²) in [6, 6.07) is 5.40. The first-order chi connectivity index (χ1) is 18.1. The number of aromatic nitrogens is 2. The standard InChI is InChI=1S/C24H23F3N6O4S/c25-13-9-14(26)11-15(10-13)38(36,37)33-8-6-18-16(12-33)22(32-31-18)30-24(35)21-17(27)3-1-4-19(21)29-23(34)20-5-2-7-28-20/h1,3-4,9-11,20,28H,2,5-8,12H2,(H,29,34)(H2,30,31,32,35)/t20-/m1/s1. The Morgan fingerprint density at radius 2 is 1.84 bits per heavy atom. The smallest absolute Gasteiger partial charge is 0.261 e. The number of anilines is 2. The van der Waals surface area contributed by atoms with Crippen LogP contribution < -0.4 is 16.0 Å². The van der Waals surface area contributed by atoms with E-state index in [2.05, 4.69) is 26.1 Å². The molecule has 0 aliphatic carbocycles. The maximum atomic E-state index is 14.8. The molecule has 1 atom stereocenters. The SMILES string of the molecule is O=C(Nc1n[nH]c2c1CN(S(=O)(=O)c1cc(F)cc(F)c1)CC2)c1c(F)cccc1NC(=O)[C@H]1CCCN1. The number of nitrogens with one attached hydrogen (secondary N) is 4. The Balaban J connectivity index is 1.38. The molecule has 2 aliphatic heterocycles. The van der Waals surface area contributed by atoms with Gasteiger partial charge >= 0.3 is 0 Å². The molecule has 38 heavy (non-hydrogen) atoms. The Bertz CT molecular complexity index is 1500. The monoisotopic (exact) mass is 548 g/mol. The van der Waals surface area contributed by atoms with Crippen molar-refractivity contribution in [3.05, 3.63) is 70.7 Å². The molecule has 0 unspecified atom stereocenters. The maximum Gasteiger partial charge on any atom is 0.261 e. The first-order valence-corrected chi connectivity index (χ1v) is 13.2. The molecule has 5 rings (SSSR count). The van der Waals surface area contributed by atoms with E-state index in [0.29, 0.717) is 30.3 Å². The van der Waals surface area contributed by atoms with Gasteiger partial charge in [-0.1, -0.05) is 6.07 Å². The van der Waals surface area contributed by atoms with Crippen molar-refractivity contribution in [3.63, 3.8) is 0 Å². The predicted molar refractivity (Wildman–Crippen MR) is 130 cm³/mol. The van der Waals surface area contributed by atoms with Crippen LogP contribution in [0.2, 0.25) is 0 Å². The van der Waals surface area contributed by atoms with Gasteiger partial charge in [0.25, 0.3) is 5.91 Å². The van der Waals surface area contributed by atoms with Gasteiger partial charge in [-0.15, -0.1) is 0 Å². The fourth-order valence-electron chi connectivity index (χ4n) is 4.56. The molecule has 3 heterocycles. The van der Waals surface area contributed by atoms with Crippen molar-refractivity contribution >= 4 is 33.3 Å². The molecular weight excluding hydrogens is 525 g/mol. The topological polar surface area (TPSA) is 136 Å². The van der Waals surface area contributed by atoms with E-state index in [9.17, 15) is 31.2 Å². The molecular formula is C24H23F3N6O4S. The summed E-state index contributed by atoms with van der Waals surface area (Å²) in [5.74, 6) is -4.27. The highest BCUT2D eigenvalue weighted by molar-refractivity contribution is 7.89. The minimum absolute atomic E-state index is 0.00173. The van der Waals surface area contributed by atoms with Crippen LogP contribution in [-0.4, -0.2) is 53.9 Å². The van der Waals surface area contributed by atoms with Crippen LogP contribution in [0, 0.1) is 17.5 Å². The lowest BCUT2D eigenvalue weighted by molar-refractivity contribution is -0.117. The van der Waals surface area contributed by atoms with E-state index in [1.54, 1.807) is 0 Å². The predicted octanol–water partition coefficient (Wildman–Crippen LogP) is 2.52. The van der Waals surface area contributed by atoms with Crippen LogP contribution >= 0.6 is 0 Å². The van der Waals surface area contributed by atoms with E-state index in [1.807, 2.05) is 0 Å². The van der Waals surface area contributed by atoms with Crippen LogP contribution in [0.25, 0.3) is 0 Å². The van der Waals surface area contributed by atoms with Crippen molar-refractivity contribution < 1.29 is 31.2 Å². The van der Waals surface area contributed by atoms with Gasteiger partial charge < -0.3 is 16.0 Å². The highest BCUT2D eigenvalue weighted by Gasteiger charge is 2.33. The van der Waals surface area contributed by atoms with E-state index in [4.69, 9.17) is 0 Å². The number of aromatic amines is 1. The molecule has 0 spiro atoms. The quantitative estimate of drug-likeness (QED) is 0.374.